The van der Waals surface area contributed by atoms with Crippen LogP contribution < -0.4 is 0 Å². The third-order valence-electron chi connectivity index (χ3n) is 13.4. The van der Waals surface area contributed by atoms with E-state index in [9.17, 15) is 0 Å². The second-order valence-electron chi connectivity index (χ2n) is 17.4. The van der Waals surface area contributed by atoms with Gasteiger partial charge < -0.3 is 18.1 Å². The molecule has 9 aromatic carbocycles. The summed E-state index contributed by atoms with van der Waals surface area (Å²) in [5.74, 6) is 1.86. The van der Waals surface area contributed by atoms with Crippen LogP contribution in [0.25, 0.3) is 99.7 Å². The number of furan rings is 1. The van der Waals surface area contributed by atoms with Crippen molar-refractivity contribution in [3.63, 3.8) is 0 Å². The van der Waals surface area contributed by atoms with Crippen molar-refractivity contribution in [3.8, 4) is 33.9 Å². The molecule has 0 fully saturated rings. The summed E-state index contributed by atoms with van der Waals surface area (Å²) in [5, 5.41) is 4.62. The van der Waals surface area contributed by atoms with Crippen molar-refractivity contribution < 1.29 is 4.42 Å². The Kier molecular flexibility index (Phi) is 10.1. The van der Waals surface area contributed by atoms with Crippen LogP contribution in [0.4, 0.5) is 0 Å². The Labute approximate surface area is 416 Å². The van der Waals surface area contributed by atoms with Crippen molar-refractivity contribution in [1.29, 1.82) is 0 Å². The molecule has 0 saturated heterocycles. The summed E-state index contributed by atoms with van der Waals surface area (Å²) in [6.45, 7) is 2.04. The number of para-hydroxylation sites is 2. The molecule has 0 radical (unpaired) electrons. The van der Waals surface area contributed by atoms with Crippen molar-refractivity contribution in [2.24, 2.45) is 0 Å². The summed E-state index contributed by atoms with van der Waals surface area (Å²) >= 11 is 11.6. The van der Waals surface area contributed by atoms with Crippen LogP contribution in [0.1, 0.15) is 16.7 Å². The Bertz CT molecular complexity index is 4110. The van der Waals surface area contributed by atoms with Gasteiger partial charge in [-0.3, -0.25) is 0 Å². The SMILES string of the molecule is Brc1ccccc1Cn1c(-c2ccc(-c3ccc(Cn4c5ccccc5c5cc6c(cc54)nc(-c4ccccc4)n6Cc4ccccc4Br)c(Br)c3)cc2)nc2cc3oc4ccccc4c3cc21. The fraction of sp³-hybridized carbons (Fsp3) is 0.0508. The summed E-state index contributed by atoms with van der Waals surface area (Å²) in [7, 11) is 0. The van der Waals surface area contributed by atoms with Gasteiger partial charge in [-0.2, -0.15) is 0 Å². The highest BCUT2D eigenvalue weighted by molar-refractivity contribution is 9.11. The summed E-state index contributed by atoms with van der Waals surface area (Å²) in [4.78, 5) is 10.6. The van der Waals surface area contributed by atoms with Gasteiger partial charge >= 0.3 is 0 Å². The van der Waals surface area contributed by atoms with Gasteiger partial charge in [0, 0.05) is 64.2 Å². The normalized spacial score (nSPS) is 11.9. The van der Waals surface area contributed by atoms with E-state index in [1.165, 1.54) is 33.0 Å². The van der Waals surface area contributed by atoms with Crippen LogP contribution in [0.5, 0.6) is 0 Å². The van der Waals surface area contributed by atoms with E-state index in [0.717, 1.165) is 96.8 Å². The molecule has 0 aliphatic carbocycles. The van der Waals surface area contributed by atoms with E-state index in [1.807, 2.05) is 12.1 Å². The van der Waals surface area contributed by atoms with Gasteiger partial charge in [-0.15, -0.1) is 0 Å². The predicted octanol–water partition coefficient (Wildman–Crippen LogP) is 16.8. The van der Waals surface area contributed by atoms with Crippen molar-refractivity contribution in [2.75, 3.05) is 0 Å². The molecule has 9 heteroatoms. The summed E-state index contributed by atoms with van der Waals surface area (Å²) < 4.78 is 16.6. The molecule has 0 amide bonds. The molecule has 0 aliphatic heterocycles. The number of benzene rings is 9. The van der Waals surface area contributed by atoms with Gasteiger partial charge in [-0.05, 0) is 76.3 Å². The van der Waals surface area contributed by atoms with E-state index in [2.05, 4.69) is 243 Å². The van der Waals surface area contributed by atoms with Crippen molar-refractivity contribution >= 4 is 114 Å². The van der Waals surface area contributed by atoms with Gasteiger partial charge in [0.25, 0.3) is 0 Å². The van der Waals surface area contributed by atoms with Gasteiger partial charge in [-0.25, -0.2) is 9.97 Å². The maximum Gasteiger partial charge on any atom is 0.141 e. The van der Waals surface area contributed by atoms with Gasteiger partial charge in [0.1, 0.15) is 22.8 Å². The average molecular weight is 1070 g/mol. The van der Waals surface area contributed by atoms with Crippen molar-refractivity contribution in [1.82, 2.24) is 23.7 Å². The van der Waals surface area contributed by atoms with E-state index in [4.69, 9.17) is 14.4 Å². The number of halogens is 3. The first-order valence-corrected chi connectivity index (χ1v) is 24.9. The number of fused-ring (bicyclic) bond motifs is 8. The summed E-state index contributed by atoms with van der Waals surface area (Å²) in [5.41, 5.74) is 16.1. The standard InChI is InChI=1S/C59H38Br3N5O/c60-47-18-8-4-14-40(47)34-66-54-29-45-43-16-6-10-20-52(43)65(53(45)31-50(54)63-58(66)37-12-2-1-3-13-37)33-42-27-26-39(28-49(42)62)36-22-24-38(25-23-36)59-64-51-32-57-46(44-17-7-11-21-56(44)68-57)30-55(51)67(59)35-41-15-5-9-19-48(41)61/h1-32H,33-35H2. The van der Waals surface area contributed by atoms with Crippen LogP contribution in [0.15, 0.2) is 212 Å². The minimum atomic E-state index is 0.659. The lowest BCUT2D eigenvalue weighted by atomic mass is 10.0. The van der Waals surface area contributed by atoms with E-state index >= 15 is 0 Å². The lowest BCUT2D eigenvalue weighted by Gasteiger charge is -2.13. The highest BCUT2D eigenvalue weighted by atomic mass is 79.9. The van der Waals surface area contributed by atoms with E-state index in [0.29, 0.717) is 19.6 Å². The van der Waals surface area contributed by atoms with Crippen LogP contribution in [-0.4, -0.2) is 23.7 Å². The zero-order valence-electron chi connectivity index (χ0n) is 36.4. The fourth-order valence-corrected chi connectivity index (χ4v) is 11.3. The maximum absolute atomic E-state index is 6.29. The quantitative estimate of drug-likeness (QED) is 0.145. The van der Waals surface area contributed by atoms with E-state index < -0.39 is 0 Å². The Balaban J connectivity index is 0.855. The number of imidazole rings is 2. The zero-order valence-corrected chi connectivity index (χ0v) is 41.1. The summed E-state index contributed by atoms with van der Waals surface area (Å²) in [6, 6.07) is 68.8. The third-order valence-corrected chi connectivity index (χ3v) is 15.6. The number of hydrogen-bond donors (Lipinski definition) is 0. The molecule has 6 nitrogen and oxygen atoms in total. The highest BCUT2D eigenvalue weighted by Gasteiger charge is 2.21. The third kappa shape index (κ3) is 7.02. The van der Waals surface area contributed by atoms with Gasteiger partial charge in [0.2, 0.25) is 0 Å². The van der Waals surface area contributed by atoms with E-state index in [-0.39, 0.29) is 0 Å². The number of nitrogens with zero attached hydrogens (tertiary/aromatic N) is 5. The molecule has 13 aromatic rings. The van der Waals surface area contributed by atoms with Gasteiger partial charge in [0.15, 0.2) is 0 Å². The molecule has 0 saturated carbocycles. The number of aromatic nitrogens is 5. The lowest BCUT2D eigenvalue weighted by Crippen LogP contribution is -2.03. The molecule has 4 aromatic heterocycles. The monoisotopic (exact) mass is 1070 g/mol. The van der Waals surface area contributed by atoms with Crippen LogP contribution in [0, 0.1) is 0 Å². The molecular formula is C59H38Br3N5O. The molecule has 0 unspecified atom stereocenters. The largest absolute Gasteiger partial charge is 0.456 e. The Hall–Kier alpha value is -7.04. The van der Waals surface area contributed by atoms with Crippen LogP contribution in [0.3, 0.4) is 0 Å². The minimum absolute atomic E-state index is 0.659. The predicted molar refractivity (Wildman–Crippen MR) is 289 cm³/mol. The first kappa shape index (κ1) is 41.2. The molecule has 4 heterocycles. The Morgan fingerprint density at radius 2 is 0.868 bits per heavy atom. The van der Waals surface area contributed by atoms with Crippen molar-refractivity contribution in [3.05, 3.63) is 224 Å². The molecule has 0 aliphatic rings. The lowest BCUT2D eigenvalue weighted by molar-refractivity contribution is 0.669. The van der Waals surface area contributed by atoms with Crippen LogP contribution in [-0.2, 0) is 19.6 Å². The average Bonchev–Trinajstić information content (AvgIpc) is 4.11. The smallest absolute Gasteiger partial charge is 0.141 e. The first-order chi connectivity index (χ1) is 33.4. The molecule has 68 heavy (non-hydrogen) atoms. The second-order valence-corrected chi connectivity index (χ2v) is 19.9. The van der Waals surface area contributed by atoms with Crippen LogP contribution >= 0.6 is 47.8 Å². The molecule has 0 bridgehead atoms. The molecule has 0 N–H and O–H groups in total. The minimum Gasteiger partial charge on any atom is -0.456 e. The summed E-state index contributed by atoms with van der Waals surface area (Å²) in [6.07, 6.45) is 0. The van der Waals surface area contributed by atoms with Crippen molar-refractivity contribution in [2.45, 2.75) is 19.6 Å². The van der Waals surface area contributed by atoms with Gasteiger partial charge in [-0.1, -0.05) is 187 Å². The Morgan fingerprint density at radius 3 is 1.56 bits per heavy atom. The highest BCUT2D eigenvalue weighted by Crippen LogP contribution is 2.39. The second kappa shape index (κ2) is 16.6. The molecule has 326 valence electrons. The number of hydrogen-bond acceptors (Lipinski definition) is 3. The van der Waals surface area contributed by atoms with Gasteiger partial charge in [0.05, 0.1) is 40.7 Å². The number of rotatable bonds is 9. The maximum atomic E-state index is 6.29. The molecular weight excluding hydrogens is 1030 g/mol. The first-order valence-electron chi connectivity index (χ1n) is 22.6. The topological polar surface area (TPSA) is 53.7 Å². The van der Waals surface area contributed by atoms with Crippen LogP contribution in [0.2, 0.25) is 0 Å². The van der Waals surface area contributed by atoms with E-state index in [1.54, 1.807) is 0 Å². The zero-order chi connectivity index (χ0) is 45.5. The Morgan fingerprint density at radius 1 is 0.338 bits per heavy atom. The molecule has 0 atom stereocenters. The molecule has 0 spiro atoms. The molecule has 13 rings (SSSR count). The fourth-order valence-electron chi connectivity index (χ4n) is 9.96.